The van der Waals surface area contributed by atoms with Gasteiger partial charge in [-0.15, -0.1) is 0 Å². The summed E-state index contributed by atoms with van der Waals surface area (Å²) in [4.78, 5) is 24.7. The fraction of sp³-hybridized carbons (Fsp3) is 0.444. The molecule has 0 aliphatic carbocycles. The molecule has 0 bridgehead atoms. The average molecular weight is 330 g/mol. The molecule has 6 heteroatoms. The monoisotopic (exact) mass is 330 g/mol. The van der Waals surface area contributed by atoms with Gasteiger partial charge in [0.1, 0.15) is 12.4 Å². The summed E-state index contributed by atoms with van der Waals surface area (Å²) >= 11 is 0. The lowest BCUT2D eigenvalue weighted by molar-refractivity contribution is -0.126. The molecule has 6 nitrogen and oxygen atoms in total. The van der Waals surface area contributed by atoms with Gasteiger partial charge in [0.15, 0.2) is 0 Å². The number of fused-ring (bicyclic) bond motifs is 2. The van der Waals surface area contributed by atoms with Crippen LogP contribution in [0.25, 0.3) is 0 Å². The van der Waals surface area contributed by atoms with Crippen LogP contribution in [0.1, 0.15) is 23.7 Å². The van der Waals surface area contributed by atoms with Crippen molar-refractivity contribution < 1.29 is 19.1 Å². The van der Waals surface area contributed by atoms with E-state index in [1.807, 2.05) is 25.1 Å². The molecule has 2 heterocycles. The summed E-state index contributed by atoms with van der Waals surface area (Å²) < 4.78 is 11.3. The zero-order valence-electron chi connectivity index (χ0n) is 13.7. The Kier molecular flexibility index (Phi) is 5.15. The molecule has 1 fully saturated rings. The van der Waals surface area contributed by atoms with Gasteiger partial charge >= 0.3 is 0 Å². The smallest absolute Gasteiger partial charge is 0.255 e. The zero-order valence-corrected chi connectivity index (χ0v) is 13.7. The molecule has 3 rings (SSSR count). The van der Waals surface area contributed by atoms with E-state index in [1.54, 1.807) is 18.2 Å². The summed E-state index contributed by atoms with van der Waals surface area (Å²) in [5, 5.41) is 5.79. The molecule has 0 aromatic heterocycles. The van der Waals surface area contributed by atoms with E-state index in [2.05, 4.69) is 10.6 Å². The second kappa shape index (κ2) is 7.49. The number of carbonyl (C=O) groups is 2. The Bertz CT molecular complexity index is 644. The number of nitrogens with one attached hydrogen (secondary N) is 2. The molecule has 1 aromatic rings. The summed E-state index contributed by atoms with van der Waals surface area (Å²) in [6, 6.07) is 6.94. The molecule has 24 heavy (non-hydrogen) atoms. The summed E-state index contributed by atoms with van der Waals surface area (Å²) in [5.74, 6) is 0.0910. The maximum atomic E-state index is 12.4. The van der Waals surface area contributed by atoms with Gasteiger partial charge < -0.3 is 20.1 Å². The van der Waals surface area contributed by atoms with E-state index in [4.69, 9.17) is 9.47 Å². The Balaban J connectivity index is 1.82. The van der Waals surface area contributed by atoms with Crippen LogP contribution in [0.3, 0.4) is 0 Å². The Labute approximate surface area is 141 Å². The van der Waals surface area contributed by atoms with Crippen molar-refractivity contribution in [1.82, 2.24) is 10.6 Å². The van der Waals surface area contributed by atoms with Gasteiger partial charge in [0.2, 0.25) is 5.91 Å². The van der Waals surface area contributed by atoms with Gasteiger partial charge in [-0.2, -0.15) is 0 Å². The highest BCUT2D eigenvalue weighted by atomic mass is 16.5. The van der Waals surface area contributed by atoms with Crippen molar-refractivity contribution in [2.45, 2.75) is 25.5 Å². The summed E-state index contributed by atoms with van der Waals surface area (Å²) in [6.07, 6.45) is 4.18. The van der Waals surface area contributed by atoms with Crippen LogP contribution in [0.5, 0.6) is 5.75 Å². The third-order valence-electron chi connectivity index (χ3n) is 4.22. The molecule has 2 N–H and O–H groups in total. The molecule has 2 amide bonds. The summed E-state index contributed by atoms with van der Waals surface area (Å²) in [7, 11) is 0. The largest absolute Gasteiger partial charge is 0.489 e. The number of rotatable bonds is 0. The Hall–Kier alpha value is -2.34. The molecule has 0 unspecified atom stereocenters. The van der Waals surface area contributed by atoms with Crippen LogP contribution in [-0.4, -0.2) is 43.7 Å². The number of benzene rings is 1. The highest BCUT2D eigenvalue weighted by Gasteiger charge is 2.32. The minimum atomic E-state index is -0.225. The second-order valence-electron chi connectivity index (χ2n) is 6.09. The SMILES string of the molecule is C[C@H]1CNC(=O)[C@@H]2CCO[C@H]2/C=C/COc2ccccc2C(=O)N1. The van der Waals surface area contributed by atoms with Crippen LogP contribution in [0, 0.1) is 5.92 Å². The Morgan fingerprint density at radius 3 is 2.92 bits per heavy atom. The minimum Gasteiger partial charge on any atom is -0.489 e. The van der Waals surface area contributed by atoms with Gasteiger partial charge in [-0.3, -0.25) is 9.59 Å². The van der Waals surface area contributed by atoms with E-state index in [0.29, 0.717) is 37.5 Å². The van der Waals surface area contributed by atoms with Crippen LogP contribution >= 0.6 is 0 Å². The number of ether oxygens (including phenoxy) is 2. The van der Waals surface area contributed by atoms with Crippen LogP contribution in [0.4, 0.5) is 0 Å². The first-order chi connectivity index (χ1) is 11.6. The van der Waals surface area contributed by atoms with Gasteiger partial charge in [0, 0.05) is 19.2 Å². The first kappa shape index (κ1) is 16.5. The number of para-hydroxylation sites is 1. The standard InChI is InChI=1S/C18H22N2O4/c1-12-11-19-17(21)14-8-10-24-16(14)7-4-9-23-15-6-3-2-5-13(15)18(22)20-12/h2-7,12,14,16H,8-11H2,1H3,(H,19,21)(H,20,22)/b7-4+/t12-,14+,16-/m0/s1. The third-order valence-corrected chi connectivity index (χ3v) is 4.22. The average Bonchev–Trinajstić information content (AvgIpc) is 3.05. The van der Waals surface area contributed by atoms with E-state index in [1.165, 1.54) is 0 Å². The molecule has 3 atom stereocenters. The van der Waals surface area contributed by atoms with Crippen molar-refractivity contribution in [3.8, 4) is 5.75 Å². The molecule has 0 spiro atoms. The van der Waals surface area contributed by atoms with Crippen molar-refractivity contribution in [1.29, 1.82) is 0 Å². The third kappa shape index (κ3) is 3.76. The number of amides is 2. The fourth-order valence-corrected chi connectivity index (χ4v) is 2.93. The van der Waals surface area contributed by atoms with Crippen LogP contribution in [0.2, 0.25) is 0 Å². The summed E-state index contributed by atoms with van der Waals surface area (Å²) in [5.41, 5.74) is 0.483. The van der Waals surface area contributed by atoms with E-state index in [0.717, 1.165) is 0 Å². The maximum absolute atomic E-state index is 12.4. The van der Waals surface area contributed by atoms with Crippen LogP contribution in [0.15, 0.2) is 36.4 Å². The predicted octanol–water partition coefficient (Wildman–Crippen LogP) is 1.27. The van der Waals surface area contributed by atoms with Crippen molar-refractivity contribution >= 4 is 11.8 Å². The highest BCUT2D eigenvalue weighted by Crippen LogP contribution is 2.23. The number of hydrogen-bond acceptors (Lipinski definition) is 4. The van der Waals surface area contributed by atoms with E-state index >= 15 is 0 Å². The van der Waals surface area contributed by atoms with E-state index in [9.17, 15) is 9.59 Å². The Morgan fingerprint density at radius 2 is 2.04 bits per heavy atom. The topological polar surface area (TPSA) is 76.7 Å². The number of hydrogen-bond donors (Lipinski definition) is 2. The maximum Gasteiger partial charge on any atom is 0.255 e. The molecular weight excluding hydrogens is 308 g/mol. The molecular formula is C18H22N2O4. The molecule has 0 radical (unpaired) electrons. The van der Waals surface area contributed by atoms with E-state index < -0.39 is 0 Å². The minimum absolute atomic E-state index is 0.0402. The lowest BCUT2D eigenvalue weighted by Crippen LogP contribution is -2.44. The van der Waals surface area contributed by atoms with Crippen molar-refractivity contribution in [3.05, 3.63) is 42.0 Å². The highest BCUT2D eigenvalue weighted by molar-refractivity contribution is 5.97. The van der Waals surface area contributed by atoms with Gasteiger partial charge in [0.05, 0.1) is 17.6 Å². The second-order valence-corrected chi connectivity index (χ2v) is 6.09. The van der Waals surface area contributed by atoms with Crippen LogP contribution in [-0.2, 0) is 9.53 Å². The fourth-order valence-electron chi connectivity index (χ4n) is 2.93. The van der Waals surface area contributed by atoms with E-state index in [-0.39, 0.29) is 29.9 Å². The Morgan fingerprint density at radius 1 is 1.21 bits per heavy atom. The normalized spacial score (nSPS) is 29.3. The lowest BCUT2D eigenvalue weighted by atomic mass is 10.00. The van der Waals surface area contributed by atoms with Crippen molar-refractivity contribution in [2.75, 3.05) is 19.8 Å². The molecule has 2 aliphatic rings. The first-order valence-corrected chi connectivity index (χ1v) is 8.24. The van der Waals surface area contributed by atoms with Gasteiger partial charge in [-0.1, -0.05) is 18.2 Å². The quantitative estimate of drug-likeness (QED) is 0.703. The van der Waals surface area contributed by atoms with Crippen LogP contribution < -0.4 is 15.4 Å². The van der Waals surface area contributed by atoms with Gasteiger partial charge in [0.25, 0.3) is 5.91 Å². The molecule has 0 saturated carbocycles. The predicted molar refractivity (Wildman–Crippen MR) is 88.9 cm³/mol. The molecule has 128 valence electrons. The molecule has 1 aromatic carbocycles. The molecule has 1 saturated heterocycles. The van der Waals surface area contributed by atoms with Gasteiger partial charge in [-0.05, 0) is 31.6 Å². The zero-order chi connectivity index (χ0) is 16.9. The molecule has 2 aliphatic heterocycles. The summed E-state index contributed by atoms with van der Waals surface area (Å²) in [6.45, 7) is 3.12. The first-order valence-electron chi connectivity index (χ1n) is 8.24. The van der Waals surface area contributed by atoms with Crippen molar-refractivity contribution in [3.63, 3.8) is 0 Å². The lowest BCUT2D eigenvalue weighted by Gasteiger charge is -2.20. The van der Waals surface area contributed by atoms with Crippen molar-refractivity contribution in [2.24, 2.45) is 5.92 Å². The van der Waals surface area contributed by atoms with Gasteiger partial charge in [-0.25, -0.2) is 0 Å². The number of carbonyl (C=O) groups excluding carboxylic acids is 2.